The van der Waals surface area contributed by atoms with Gasteiger partial charge in [-0.15, -0.1) is 0 Å². The molecule has 10 nitrogen and oxygen atoms in total. The molecule has 0 saturated heterocycles. The predicted octanol–water partition coefficient (Wildman–Crippen LogP) is 6.71. The van der Waals surface area contributed by atoms with Gasteiger partial charge in [-0.2, -0.15) is 0 Å². The van der Waals surface area contributed by atoms with Gasteiger partial charge in [0, 0.05) is 24.2 Å². The molecule has 0 aliphatic carbocycles. The molecule has 40 heavy (non-hydrogen) atoms. The van der Waals surface area contributed by atoms with Crippen molar-refractivity contribution in [2.24, 2.45) is 0 Å². The lowest BCUT2D eigenvalue weighted by molar-refractivity contribution is 0.0463. The number of carboxylic acid groups (broad SMARTS) is 1. The number of carbonyl (C=O) groups is 3. The van der Waals surface area contributed by atoms with Crippen molar-refractivity contribution in [1.29, 1.82) is 0 Å². The van der Waals surface area contributed by atoms with Crippen LogP contribution in [-0.4, -0.2) is 65.2 Å². The number of hydrogen-bond acceptors (Lipinski definition) is 6. The third-order valence-corrected chi connectivity index (χ3v) is 6.32. The van der Waals surface area contributed by atoms with Crippen molar-refractivity contribution in [3.63, 3.8) is 0 Å². The van der Waals surface area contributed by atoms with Gasteiger partial charge in [-0.1, -0.05) is 37.8 Å². The Morgan fingerprint density at radius 3 is 1.90 bits per heavy atom. The standard InChI is InChI=1S/C30H51N3O7/c1-28(2,3)40-26(35)32-30(6,7)19-21-33(27(36)37)20-13-11-9-10-12-18-29(4,5)31-25(34)39-22-23-14-16-24(38-8)17-15-23/h14-17H,9-13,18-22H2,1-8H3,(H,31,34)(H,32,35)(H,36,37). The number of hydrogen-bond donors (Lipinski definition) is 3. The molecule has 0 radical (unpaired) electrons. The zero-order chi connectivity index (χ0) is 30.4. The molecule has 1 aromatic carbocycles. The van der Waals surface area contributed by atoms with Crippen LogP contribution in [0, 0.1) is 0 Å². The molecule has 0 saturated carbocycles. The zero-order valence-corrected chi connectivity index (χ0v) is 25.7. The molecule has 0 aromatic heterocycles. The SMILES string of the molecule is COc1ccc(COC(=O)NC(C)(C)CCCCCCCN(CCC(C)(C)NC(=O)OC(C)(C)C)C(=O)O)cc1. The van der Waals surface area contributed by atoms with Gasteiger partial charge in [0.25, 0.3) is 0 Å². The predicted molar refractivity (Wildman–Crippen MR) is 156 cm³/mol. The van der Waals surface area contributed by atoms with E-state index in [1.807, 2.05) is 52.0 Å². The number of ether oxygens (including phenoxy) is 3. The van der Waals surface area contributed by atoms with E-state index in [1.165, 1.54) is 4.90 Å². The summed E-state index contributed by atoms with van der Waals surface area (Å²) in [5.41, 5.74) is -0.698. The lowest BCUT2D eigenvalue weighted by Crippen LogP contribution is -2.48. The summed E-state index contributed by atoms with van der Waals surface area (Å²) in [6.45, 7) is 14.0. The number of nitrogens with zero attached hydrogens (tertiary/aromatic N) is 1. The van der Waals surface area contributed by atoms with E-state index >= 15 is 0 Å². The molecule has 3 N–H and O–H groups in total. The van der Waals surface area contributed by atoms with E-state index in [4.69, 9.17) is 14.2 Å². The average molecular weight is 566 g/mol. The monoisotopic (exact) mass is 565 g/mol. The van der Waals surface area contributed by atoms with Crippen molar-refractivity contribution < 1.29 is 33.7 Å². The second kappa shape index (κ2) is 16.2. The first-order valence-electron chi connectivity index (χ1n) is 14.1. The van der Waals surface area contributed by atoms with Crippen LogP contribution in [0.3, 0.4) is 0 Å². The highest BCUT2D eigenvalue weighted by Crippen LogP contribution is 2.17. The fourth-order valence-electron chi connectivity index (χ4n) is 4.01. The molecule has 1 rings (SSSR count). The summed E-state index contributed by atoms with van der Waals surface area (Å²) in [5.74, 6) is 0.752. The minimum atomic E-state index is -0.959. The van der Waals surface area contributed by atoms with Gasteiger partial charge in [0.2, 0.25) is 0 Å². The van der Waals surface area contributed by atoms with Crippen LogP contribution in [0.15, 0.2) is 24.3 Å². The molecule has 0 atom stereocenters. The summed E-state index contributed by atoms with van der Waals surface area (Å²) >= 11 is 0. The Bertz CT molecular complexity index is 924. The Morgan fingerprint density at radius 1 is 0.775 bits per heavy atom. The number of alkyl carbamates (subject to hydrolysis) is 2. The molecule has 3 amide bonds. The normalized spacial score (nSPS) is 11.9. The van der Waals surface area contributed by atoms with Crippen molar-refractivity contribution in [3.05, 3.63) is 29.8 Å². The second-order valence-electron chi connectivity index (χ2n) is 12.5. The highest BCUT2D eigenvalue weighted by atomic mass is 16.6. The molecule has 0 heterocycles. The lowest BCUT2D eigenvalue weighted by Gasteiger charge is -2.30. The number of unbranched alkanes of at least 4 members (excludes halogenated alkanes) is 4. The maximum atomic E-state index is 12.2. The van der Waals surface area contributed by atoms with Gasteiger partial charge >= 0.3 is 18.3 Å². The first-order valence-corrected chi connectivity index (χ1v) is 14.1. The first-order chi connectivity index (χ1) is 18.5. The van der Waals surface area contributed by atoms with Crippen LogP contribution < -0.4 is 15.4 Å². The van der Waals surface area contributed by atoms with E-state index < -0.39 is 35.0 Å². The third kappa shape index (κ3) is 16.1. The van der Waals surface area contributed by atoms with Gasteiger partial charge < -0.3 is 34.9 Å². The molecule has 0 bridgehead atoms. The van der Waals surface area contributed by atoms with Crippen LogP contribution in [0.4, 0.5) is 14.4 Å². The highest BCUT2D eigenvalue weighted by Gasteiger charge is 2.26. The van der Waals surface area contributed by atoms with E-state index in [9.17, 15) is 19.5 Å². The maximum absolute atomic E-state index is 12.2. The second-order valence-corrected chi connectivity index (χ2v) is 12.5. The van der Waals surface area contributed by atoms with Gasteiger partial charge in [-0.05, 0) is 85.4 Å². The van der Waals surface area contributed by atoms with Crippen LogP contribution in [-0.2, 0) is 16.1 Å². The summed E-state index contributed by atoms with van der Waals surface area (Å²) in [5, 5.41) is 15.4. The topological polar surface area (TPSA) is 126 Å². The van der Waals surface area contributed by atoms with Gasteiger partial charge in [0.15, 0.2) is 0 Å². The van der Waals surface area contributed by atoms with Crippen LogP contribution in [0.2, 0.25) is 0 Å². The third-order valence-electron chi connectivity index (χ3n) is 6.32. The molecular weight excluding hydrogens is 514 g/mol. The Kier molecular flexibility index (Phi) is 14.1. The van der Waals surface area contributed by atoms with Crippen LogP contribution in [0.25, 0.3) is 0 Å². The van der Waals surface area contributed by atoms with Gasteiger partial charge in [0.05, 0.1) is 7.11 Å². The van der Waals surface area contributed by atoms with E-state index in [1.54, 1.807) is 27.9 Å². The Balaban J connectivity index is 2.26. The summed E-state index contributed by atoms with van der Waals surface area (Å²) in [7, 11) is 1.60. The fraction of sp³-hybridized carbons (Fsp3) is 0.700. The van der Waals surface area contributed by atoms with E-state index in [0.717, 1.165) is 49.8 Å². The van der Waals surface area contributed by atoms with Gasteiger partial charge in [-0.3, -0.25) is 0 Å². The summed E-state index contributed by atoms with van der Waals surface area (Å²) in [6.07, 6.45) is 3.98. The summed E-state index contributed by atoms with van der Waals surface area (Å²) < 4.78 is 15.8. The fourth-order valence-corrected chi connectivity index (χ4v) is 4.01. The Labute approximate surface area is 240 Å². The quantitative estimate of drug-likeness (QED) is 0.190. The molecule has 0 aliphatic heterocycles. The minimum absolute atomic E-state index is 0.191. The van der Waals surface area contributed by atoms with E-state index in [-0.39, 0.29) is 6.61 Å². The zero-order valence-electron chi connectivity index (χ0n) is 25.7. The largest absolute Gasteiger partial charge is 0.497 e. The molecular formula is C30H51N3O7. The minimum Gasteiger partial charge on any atom is -0.497 e. The molecule has 0 spiro atoms. The molecule has 228 valence electrons. The number of carbonyl (C=O) groups excluding carboxylic acids is 2. The smallest absolute Gasteiger partial charge is 0.408 e. The molecule has 0 unspecified atom stereocenters. The van der Waals surface area contributed by atoms with Crippen LogP contribution in [0.5, 0.6) is 5.75 Å². The first kappa shape index (κ1) is 34.9. The summed E-state index contributed by atoms with van der Waals surface area (Å²) in [4.78, 5) is 37.4. The van der Waals surface area contributed by atoms with Gasteiger partial charge in [0.1, 0.15) is 18.0 Å². The summed E-state index contributed by atoms with van der Waals surface area (Å²) in [6, 6.07) is 7.37. The molecule has 0 aliphatic rings. The van der Waals surface area contributed by atoms with Crippen molar-refractivity contribution >= 4 is 18.3 Å². The number of amides is 3. The average Bonchev–Trinajstić information content (AvgIpc) is 2.82. The van der Waals surface area contributed by atoms with Gasteiger partial charge in [-0.25, -0.2) is 14.4 Å². The van der Waals surface area contributed by atoms with Crippen LogP contribution >= 0.6 is 0 Å². The molecule has 10 heteroatoms. The molecule has 1 aromatic rings. The Hall–Kier alpha value is -3.17. The van der Waals surface area contributed by atoms with Crippen molar-refractivity contribution in [3.8, 4) is 5.75 Å². The van der Waals surface area contributed by atoms with Crippen molar-refractivity contribution in [1.82, 2.24) is 15.5 Å². The Morgan fingerprint density at radius 2 is 1.32 bits per heavy atom. The van der Waals surface area contributed by atoms with Crippen LogP contribution in [0.1, 0.15) is 99.0 Å². The number of benzene rings is 1. The maximum Gasteiger partial charge on any atom is 0.408 e. The molecule has 0 fully saturated rings. The number of methoxy groups -OCH3 is 1. The number of nitrogens with one attached hydrogen (secondary N) is 2. The van der Waals surface area contributed by atoms with E-state index in [2.05, 4.69) is 10.6 Å². The van der Waals surface area contributed by atoms with E-state index in [0.29, 0.717) is 19.5 Å². The van der Waals surface area contributed by atoms with Crippen molar-refractivity contribution in [2.75, 3.05) is 20.2 Å². The highest BCUT2D eigenvalue weighted by molar-refractivity contribution is 5.69. The lowest BCUT2D eigenvalue weighted by atomic mass is 9.96. The van der Waals surface area contributed by atoms with Crippen molar-refractivity contribution in [2.45, 2.75) is 117 Å². The number of rotatable bonds is 16.